The molecule has 11 aromatic rings. The third kappa shape index (κ3) is 6.83. The second-order valence-electron chi connectivity index (χ2n) is 16.8. The van der Waals surface area contributed by atoms with E-state index in [4.69, 9.17) is 19.9 Å². The van der Waals surface area contributed by atoms with E-state index in [9.17, 15) is 0 Å². The molecule has 1 unspecified atom stereocenters. The Morgan fingerprint density at radius 1 is 0.365 bits per heavy atom. The average Bonchev–Trinajstić information content (AvgIpc) is 3.35. The molecule has 1 aliphatic rings. The zero-order valence-electron chi connectivity index (χ0n) is 34.7. The van der Waals surface area contributed by atoms with E-state index in [2.05, 4.69) is 201 Å². The lowest BCUT2D eigenvalue weighted by atomic mass is 9.90. The zero-order chi connectivity index (χ0) is 41.9. The molecule has 0 aliphatic heterocycles. The van der Waals surface area contributed by atoms with Crippen LogP contribution in [0.1, 0.15) is 18.9 Å². The van der Waals surface area contributed by atoms with Crippen LogP contribution in [0, 0.1) is 5.92 Å². The minimum absolute atomic E-state index is 0.555. The van der Waals surface area contributed by atoms with Gasteiger partial charge in [0.25, 0.3) is 0 Å². The molecule has 63 heavy (non-hydrogen) atoms. The van der Waals surface area contributed by atoms with Crippen molar-refractivity contribution >= 4 is 59.7 Å². The largest absolute Gasteiger partial charge is 0.228 e. The molecular weight excluding hydrogens is 765 g/mol. The van der Waals surface area contributed by atoms with Crippen molar-refractivity contribution in [2.45, 2.75) is 13.3 Å². The van der Waals surface area contributed by atoms with E-state index in [-0.39, 0.29) is 0 Å². The van der Waals surface area contributed by atoms with Crippen LogP contribution in [-0.4, -0.2) is 19.9 Å². The van der Waals surface area contributed by atoms with Gasteiger partial charge in [-0.1, -0.05) is 165 Å². The van der Waals surface area contributed by atoms with Crippen molar-refractivity contribution in [2.75, 3.05) is 0 Å². The predicted octanol–water partition coefficient (Wildman–Crippen LogP) is 15.3. The Morgan fingerprint density at radius 2 is 0.778 bits per heavy atom. The number of aromatic nitrogens is 4. The number of allylic oxidation sites excluding steroid dienone is 4. The van der Waals surface area contributed by atoms with Crippen molar-refractivity contribution in [2.24, 2.45) is 5.92 Å². The summed E-state index contributed by atoms with van der Waals surface area (Å²) in [6.45, 7) is 2.27. The molecule has 1 atom stereocenters. The number of rotatable bonds is 6. The van der Waals surface area contributed by atoms with E-state index in [0.717, 1.165) is 72.6 Å². The zero-order valence-corrected chi connectivity index (χ0v) is 34.7. The van der Waals surface area contributed by atoms with Gasteiger partial charge in [0.1, 0.15) is 0 Å². The Hall–Kier alpha value is -8.08. The third-order valence-corrected chi connectivity index (χ3v) is 12.5. The molecule has 9 aromatic carbocycles. The Morgan fingerprint density at radius 3 is 1.30 bits per heavy atom. The summed E-state index contributed by atoms with van der Waals surface area (Å²) in [4.78, 5) is 20.7. The smallest absolute Gasteiger partial charge is 0.160 e. The Kier molecular flexibility index (Phi) is 8.82. The molecule has 0 fully saturated rings. The van der Waals surface area contributed by atoms with Gasteiger partial charge in [-0.05, 0) is 115 Å². The second kappa shape index (κ2) is 15.1. The lowest BCUT2D eigenvalue weighted by molar-refractivity contribution is 0.749. The number of para-hydroxylation sites is 2. The lowest BCUT2D eigenvalue weighted by Crippen LogP contribution is -1.97. The summed E-state index contributed by atoms with van der Waals surface area (Å²) in [5, 5.41) is 9.03. The molecule has 0 saturated carbocycles. The quantitative estimate of drug-likeness (QED) is 0.168. The molecule has 0 N–H and O–H groups in total. The van der Waals surface area contributed by atoms with Crippen molar-refractivity contribution in [3.63, 3.8) is 0 Å². The molecule has 12 rings (SSSR count). The van der Waals surface area contributed by atoms with E-state index in [1.165, 1.54) is 43.8 Å². The molecule has 4 heteroatoms. The molecule has 0 radical (unpaired) electrons. The predicted molar refractivity (Wildman–Crippen MR) is 263 cm³/mol. The minimum atomic E-state index is 0.555. The highest BCUT2D eigenvalue weighted by Gasteiger charge is 2.16. The molecule has 296 valence electrons. The minimum Gasteiger partial charge on any atom is -0.228 e. The molecule has 0 spiro atoms. The molecule has 0 saturated heterocycles. The normalized spacial score (nSPS) is 13.9. The average molecular weight is 805 g/mol. The summed E-state index contributed by atoms with van der Waals surface area (Å²) >= 11 is 0. The van der Waals surface area contributed by atoms with E-state index >= 15 is 0 Å². The van der Waals surface area contributed by atoms with Crippen molar-refractivity contribution < 1.29 is 0 Å². The first-order valence-electron chi connectivity index (χ1n) is 21.7. The Balaban J connectivity index is 0.892. The fraction of sp³-hybridized carbons (Fsp3) is 0.0508. The first-order valence-corrected chi connectivity index (χ1v) is 21.7. The van der Waals surface area contributed by atoms with Crippen LogP contribution in [0.25, 0.3) is 116 Å². The van der Waals surface area contributed by atoms with Crippen LogP contribution in [0.3, 0.4) is 0 Å². The van der Waals surface area contributed by atoms with Crippen molar-refractivity contribution in [1.82, 2.24) is 19.9 Å². The van der Waals surface area contributed by atoms with Crippen LogP contribution in [0.2, 0.25) is 0 Å². The van der Waals surface area contributed by atoms with Gasteiger partial charge in [0.2, 0.25) is 0 Å². The van der Waals surface area contributed by atoms with Gasteiger partial charge in [0.05, 0.1) is 22.4 Å². The molecule has 4 nitrogen and oxygen atoms in total. The maximum atomic E-state index is 5.28. The van der Waals surface area contributed by atoms with Crippen LogP contribution in [0.4, 0.5) is 0 Å². The highest BCUT2D eigenvalue weighted by Crippen LogP contribution is 2.37. The van der Waals surface area contributed by atoms with Gasteiger partial charge in [-0.25, -0.2) is 19.9 Å². The Bertz CT molecular complexity index is 3680. The highest BCUT2D eigenvalue weighted by atomic mass is 14.9. The van der Waals surface area contributed by atoms with Crippen LogP contribution in [0.15, 0.2) is 206 Å². The first kappa shape index (κ1) is 36.7. The standard InChI is InChI=1S/C59H40N4/c1-37-10-9-13-39(30-37)41-20-21-46-35-50(28-24-43(46)32-41)58-60-55-17-8-6-15-53(55)57(63-58)49-27-23-47-36-51(29-25-45(47)34-49)59-61-54-16-7-5-14-52(54)56(62-59)48-26-22-42-31-40(18-19-44(42)33-48)38-11-3-2-4-12-38/h2-29,31-37H,30H2,1H3. The SMILES string of the molecule is CC1C=CC=C(c2ccc3cc(-c4nc(-c5ccc6cc(-c7nc(-c8ccc9cc(-c%10ccccc%10)ccc9c8)c8ccccc8n7)ccc6c5)c5ccccc5n4)ccc3c2)C1. The molecule has 1 aliphatic carbocycles. The van der Waals surface area contributed by atoms with Crippen LogP contribution >= 0.6 is 0 Å². The van der Waals surface area contributed by atoms with Gasteiger partial charge >= 0.3 is 0 Å². The summed E-state index contributed by atoms with van der Waals surface area (Å²) < 4.78 is 0. The van der Waals surface area contributed by atoms with Crippen molar-refractivity contribution in [1.29, 1.82) is 0 Å². The van der Waals surface area contributed by atoms with E-state index in [1.807, 2.05) is 12.1 Å². The van der Waals surface area contributed by atoms with Crippen molar-refractivity contribution in [3.05, 3.63) is 212 Å². The van der Waals surface area contributed by atoms with Gasteiger partial charge in [-0.3, -0.25) is 0 Å². The fourth-order valence-electron chi connectivity index (χ4n) is 9.23. The summed E-state index contributed by atoms with van der Waals surface area (Å²) in [6, 6.07) is 66.9. The molecule has 0 bridgehead atoms. The van der Waals surface area contributed by atoms with Gasteiger partial charge in [0, 0.05) is 33.0 Å². The topological polar surface area (TPSA) is 51.6 Å². The maximum absolute atomic E-state index is 5.28. The van der Waals surface area contributed by atoms with Gasteiger partial charge in [-0.2, -0.15) is 0 Å². The monoisotopic (exact) mass is 804 g/mol. The Labute approximate surface area is 365 Å². The summed E-state index contributed by atoms with van der Waals surface area (Å²) in [7, 11) is 0. The van der Waals surface area contributed by atoms with Crippen LogP contribution in [-0.2, 0) is 0 Å². The fourth-order valence-corrected chi connectivity index (χ4v) is 9.23. The summed E-state index contributed by atoms with van der Waals surface area (Å²) in [5.41, 5.74) is 12.8. The molecule has 2 aromatic heterocycles. The second-order valence-corrected chi connectivity index (χ2v) is 16.8. The van der Waals surface area contributed by atoms with E-state index in [1.54, 1.807) is 0 Å². The van der Waals surface area contributed by atoms with Gasteiger partial charge in [0.15, 0.2) is 11.6 Å². The molecule has 0 amide bonds. The third-order valence-electron chi connectivity index (χ3n) is 12.5. The molecule has 2 heterocycles. The number of nitrogens with zero attached hydrogens (tertiary/aromatic N) is 4. The lowest BCUT2D eigenvalue weighted by Gasteiger charge is -2.15. The van der Waals surface area contributed by atoms with Crippen LogP contribution < -0.4 is 0 Å². The van der Waals surface area contributed by atoms with Gasteiger partial charge in [-0.15, -0.1) is 0 Å². The number of hydrogen-bond acceptors (Lipinski definition) is 4. The summed E-state index contributed by atoms with van der Waals surface area (Å²) in [5.74, 6) is 1.97. The highest BCUT2D eigenvalue weighted by molar-refractivity contribution is 6.00. The summed E-state index contributed by atoms with van der Waals surface area (Å²) in [6.07, 6.45) is 7.76. The first-order chi connectivity index (χ1) is 31.1. The van der Waals surface area contributed by atoms with Crippen molar-refractivity contribution in [3.8, 4) is 56.4 Å². The molecular formula is C59H40N4. The van der Waals surface area contributed by atoms with Crippen LogP contribution in [0.5, 0.6) is 0 Å². The van der Waals surface area contributed by atoms with E-state index < -0.39 is 0 Å². The van der Waals surface area contributed by atoms with Gasteiger partial charge < -0.3 is 0 Å². The number of benzene rings is 9. The number of fused-ring (bicyclic) bond motifs is 5. The van der Waals surface area contributed by atoms with E-state index in [0.29, 0.717) is 17.6 Å². The maximum Gasteiger partial charge on any atom is 0.160 e. The number of hydrogen-bond donors (Lipinski definition) is 0.